The van der Waals surface area contributed by atoms with Gasteiger partial charge in [-0.25, -0.2) is 0 Å². The molecule has 0 heterocycles. The van der Waals surface area contributed by atoms with Crippen LogP contribution in [-0.4, -0.2) is 10.2 Å². The van der Waals surface area contributed by atoms with Gasteiger partial charge < -0.3 is 15.5 Å². The van der Waals surface area contributed by atoms with E-state index in [0.29, 0.717) is 11.5 Å². The van der Waals surface area contributed by atoms with Crippen LogP contribution in [0.5, 0.6) is 11.5 Å². The van der Waals surface area contributed by atoms with Crippen LogP contribution >= 0.6 is 0 Å². The third-order valence-electron chi connectivity index (χ3n) is 4.12. The van der Waals surface area contributed by atoms with Gasteiger partial charge in [0, 0.05) is 5.69 Å². The van der Waals surface area contributed by atoms with Crippen LogP contribution in [0, 0.1) is 13.8 Å². The van der Waals surface area contributed by atoms with E-state index in [9.17, 15) is 10.2 Å². The van der Waals surface area contributed by atoms with Gasteiger partial charge in [0.15, 0.2) is 0 Å². The van der Waals surface area contributed by atoms with Crippen LogP contribution in [0.25, 0.3) is 0 Å². The molecule has 0 saturated carbocycles. The fourth-order valence-corrected chi connectivity index (χ4v) is 2.93. The average Bonchev–Trinajstić information content (AvgIpc) is 2.81. The zero-order valence-corrected chi connectivity index (χ0v) is 11.8. The fraction of sp³-hybridized carbons (Fsp3) is 0.294. The summed E-state index contributed by atoms with van der Waals surface area (Å²) < 4.78 is 0. The first-order valence-electron chi connectivity index (χ1n) is 6.94. The number of hydrogen-bond acceptors (Lipinski definition) is 3. The molecule has 3 nitrogen and oxygen atoms in total. The SMILES string of the molecule is Cc1cc(NC2CCc3c(O)cccc32)c(C)cc1O. The van der Waals surface area contributed by atoms with Gasteiger partial charge in [-0.05, 0) is 67.1 Å². The van der Waals surface area contributed by atoms with Crippen molar-refractivity contribution in [2.24, 2.45) is 0 Å². The van der Waals surface area contributed by atoms with Gasteiger partial charge in [0.1, 0.15) is 11.5 Å². The first kappa shape index (κ1) is 12.9. The Hall–Kier alpha value is -2.16. The summed E-state index contributed by atoms with van der Waals surface area (Å²) in [5.74, 6) is 0.725. The van der Waals surface area contributed by atoms with Crippen molar-refractivity contribution in [2.45, 2.75) is 32.7 Å². The fourth-order valence-electron chi connectivity index (χ4n) is 2.93. The Balaban J connectivity index is 1.91. The smallest absolute Gasteiger partial charge is 0.119 e. The lowest BCUT2D eigenvalue weighted by Gasteiger charge is -2.18. The maximum atomic E-state index is 9.89. The molecule has 3 rings (SSSR count). The minimum atomic E-state index is 0.222. The van der Waals surface area contributed by atoms with Crippen LogP contribution in [0.1, 0.15) is 34.7 Å². The molecule has 2 aromatic rings. The summed E-state index contributed by atoms with van der Waals surface area (Å²) in [4.78, 5) is 0. The second-order valence-electron chi connectivity index (χ2n) is 5.53. The Morgan fingerprint density at radius 3 is 2.65 bits per heavy atom. The van der Waals surface area contributed by atoms with Gasteiger partial charge in [-0.2, -0.15) is 0 Å². The summed E-state index contributed by atoms with van der Waals surface area (Å²) in [5.41, 5.74) is 5.17. The summed E-state index contributed by atoms with van der Waals surface area (Å²) in [7, 11) is 0. The van der Waals surface area contributed by atoms with Crippen molar-refractivity contribution < 1.29 is 10.2 Å². The van der Waals surface area contributed by atoms with Gasteiger partial charge in [0.25, 0.3) is 0 Å². The van der Waals surface area contributed by atoms with E-state index < -0.39 is 0 Å². The number of anilines is 1. The van der Waals surface area contributed by atoms with Gasteiger partial charge in [0.2, 0.25) is 0 Å². The van der Waals surface area contributed by atoms with Crippen LogP contribution in [0.2, 0.25) is 0 Å². The van der Waals surface area contributed by atoms with Crippen molar-refractivity contribution in [1.82, 2.24) is 0 Å². The molecule has 20 heavy (non-hydrogen) atoms. The lowest BCUT2D eigenvalue weighted by atomic mass is 10.1. The van der Waals surface area contributed by atoms with Gasteiger partial charge in [-0.15, -0.1) is 0 Å². The number of aryl methyl sites for hydroxylation is 2. The van der Waals surface area contributed by atoms with E-state index in [1.54, 1.807) is 12.1 Å². The molecule has 0 amide bonds. The van der Waals surface area contributed by atoms with Crippen LogP contribution in [0.4, 0.5) is 5.69 Å². The number of aromatic hydroxyl groups is 2. The van der Waals surface area contributed by atoms with E-state index in [1.807, 2.05) is 26.0 Å². The highest BCUT2D eigenvalue weighted by atomic mass is 16.3. The first-order valence-corrected chi connectivity index (χ1v) is 6.94. The Labute approximate surface area is 118 Å². The van der Waals surface area contributed by atoms with E-state index in [-0.39, 0.29) is 6.04 Å². The molecular weight excluding hydrogens is 250 g/mol. The minimum Gasteiger partial charge on any atom is -0.508 e. The molecule has 1 aliphatic rings. The second-order valence-corrected chi connectivity index (χ2v) is 5.53. The van der Waals surface area contributed by atoms with E-state index in [4.69, 9.17) is 0 Å². The molecular formula is C17H19NO2. The minimum absolute atomic E-state index is 0.222. The summed E-state index contributed by atoms with van der Waals surface area (Å²) in [5, 5.41) is 23.1. The first-order chi connectivity index (χ1) is 9.56. The predicted molar refractivity (Wildman–Crippen MR) is 80.4 cm³/mol. The third kappa shape index (κ3) is 2.09. The number of nitrogens with one attached hydrogen (secondary N) is 1. The maximum Gasteiger partial charge on any atom is 0.119 e. The zero-order valence-electron chi connectivity index (χ0n) is 11.8. The maximum absolute atomic E-state index is 9.89. The van der Waals surface area contributed by atoms with Crippen molar-refractivity contribution in [2.75, 3.05) is 5.32 Å². The van der Waals surface area contributed by atoms with Crippen molar-refractivity contribution in [1.29, 1.82) is 0 Å². The third-order valence-corrected chi connectivity index (χ3v) is 4.12. The molecule has 1 atom stereocenters. The van der Waals surface area contributed by atoms with Gasteiger partial charge >= 0.3 is 0 Å². The summed E-state index contributed by atoms with van der Waals surface area (Å²) in [6.07, 6.45) is 1.88. The van der Waals surface area contributed by atoms with Crippen LogP contribution in [0.3, 0.4) is 0 Å². The largest absolute Gasteiger partial charge is 0.508 e. The van der Waals surface area contributed by atoms with E-state index in [2.05, 4.69) is 11.4 Å². The van der Waals surface area contributed by atoms with E-state index in [1.165, 1.54) is 5.56 Å². The topological polar surface area (TPSA) is 52.5 Å². The number of hydrogen-bond donors (Lipinski definition) is 3. The lowest BCUT2D eigenvalue weighted by Crippen LogP contribution is -2.08. The van der Waals surface area contributed by atoms with Crippen molar-refractivity contribution in [3.05, 3.63) is 52.6 Å². The Kier molecular flexibility index (Phi) is 3.05. The predicted octanol–water partition coefficient (Wildman–Crippen LogP) is 3.81. The standard InChI is InChI=1S/C17H19NO2/c1-10-9-17(20)11(2)8-15(10)18-14-7-6-13-12(14)4-3-5-16(13)19/h3-5,8-9,14,18-20H,6-7H2,1-2H3. The second kappa shape index (κ2) is 4.75. The zero-order chi connectivity index (χ0) is 14.3. The number of phenols is 2. The highest BCUT2D eigenvalue weighted by Crippen LogP contribution is 2.39. The lowest BCUT2D eigenvalue weighted by molar-refractivity contribution is 0.469. The highest BCUT2D eigenvalue weighted by Gasteiger charge is 2.24. The molecule has 0 fully saturated rings. The molecule has 3 heteroatoms. The molecule has 1 unspecified atom stereocenters. The summed E-state index contributed by atoms with van der Waals surface area (Å²) >= 11 is 0. The van der Waals surface area contributed by atoms with Gasteiger partial charge in [0.05, 0.1) is 6.04 Å². The molecule has 2 aromatic carbocycles. The van der Waals surface area contributed by atoms with E-state index >= 15 is 0 Å². The van der Waals surface area contributed by atoms with Crippen molar-refractivity contribution in [3.63, 3.8) is 0 Å². The monoisotopic (exact) mass is 269 g/mol. The molecule has 0 aromatic heterocycles. The summed E-state index contributed by atoms with van der Waals surface area (Å²) in [6.45, 7) is 3.88. The molecule has 104 valence electrons. The number of rotatable bonds is 2. The molecule has 0 spiro atoms. The molecule has 3 N–H and O–H groups in total. The molecule has 0 saturated heterocycles. The Morgan fingerprint density at radius 1 is 1.05 bits per heavy atom. The molecule has 1 aliphatic carbocycles. The number of benzene rings is 2. The average molecular weight is 269 g/mol. The van der Waals surface area contributed by atoms with Crippen LogP contribution < -0.4 is 5.32 Å². The Morgan fingerprint density at radius 2 is 1.85 bits per heavy atom. The van der Waals surface area contributed by atoms with Gasteiger partial charge in [-0.3, -0.25) is 0 Å². The molecule has 0 aliphatic heterocycles. The van der Waals surface area contributed by atoms with Crippen LogP contribution in [0.15, 0.2) is 30.3 Å². The van der Waals surface area contributed by atoms with Crippen molar-refractivity contribution >= 4 is 5.69 Å². The van der Waals surface area contributed by atoms with Crippen LogP contribution in [-0.2, 0) is 6.42 Å². The van der Waals surface area contributed by atoms with Gasteiger partial charge in [-0.1, -0.05) is 12.1 Å². The molecule has 0 bridgehead atoms. The van der Waals surface area contributed by atoms with E-state index in [0.717, 1.165) is 35.2 Å². The quantitative estimate of drug-likeness (QED) is 0.727. The van der Waals surface area contributed by atoms with Crippen molar-refractivity contribution in [3.8, 4) is 11.5 Å². The Bertz CT molecular complexity index is 664. The highest BCUT2D eigenvalue weighted by molar-refractivity contribution is 5.59. The summed E-state index contributed by atoms with van der Waals surface area (Å²) in [6, 6.07) is 9.70. The normalized spacial score (nSPS) is 17.0. The molecule has 0 radical (unpaired) electrons. The number of phenolic OH excluding ortho intramolecular Hbond substituents is 2. The number of fused-ring (bicyclic) bond motifs is 1.